The molecule has 2 unspecified atom stereocenters. The van der Waals surface area contributed by atoms with E-state index in [9.17, 15) is 38.7 Å². The molecule has 19 nitrogen and oxygen atoms in total. The second-order valence-corrected chi connectivity index (χ2v) is 18.9. The predicted molar refractivity (Wildman–Crippen MR) is 278 cm³/mol. The van der Waals surface area contributed by atoms with Gasteiger partial charge < -0.3 is 48.5 Å². The highest BCUT2D eigenvalue weighted by Gasteiger charge is 2.46. The first kappa shape index (κ1) is 55.9. The number of piperidine rings is 2. The Morgan fingerprint density at radius 3 is 2.11 bits per heavy atom. The summed E-state index contributed by atoms with van der Waals surface area (Å²) in [6.07, 6.45) is 6.09. The number of aliphatic carboxylic acids is 1. The standard InChI is InChI=1S/C57H68N4O15/c1-7-38(37-31-45(71-3)51(73-5)46(32-37)72-4)54(65)60-28-26-36(30-41(60)57(68)69)49-35(22-24-44(70-2)52(49)74-6)18-14-17-34-16-10-11-20-42(34)76-33-48(63)58-27-12-8-9-13-29-75-43-21-15-19-39-50(43)56(67)61(55(39)66)40-23-25-47(62)59-53(40)64/h10-11,15-16,19-22,24,31-32,36,38,40-41H,7-9,12-14,17-18,23,25-30,33H2,1-6H3,(H,58,63)(H,68,69)(H,59,62,64)/t36?,38-,40?,41-/m0/s1. The normalized spacial score (nSPS) is 17.6. The van der Waals surface area contributed by atoms with Gasteiger partial charge in [-0.2, -0.15) is 0 Å². The molecule has 2 saturated heterocycles. The van der Waals surface area contributed by atoms with Gasteiger partial charge in [-0.1, -0.05) is 50.1 Å². The summed E-state index contributed by atoms with van der Waals surface area (Å²) in [6, 6.07) is 17.5. The number of aryl methyl sites for hydroxylation is 2. The topological polar surface area (TPSA) is 235 Å². The van der Waals surface area contributed by atoms with Crippen molar-refractivity contribution < 1.29 is 71.8 Å². The molecule has 406 valence electrons. The monoisotopic (exact) mass is 1050 g/mol. The van der Waals surface area contributed by atoms with Crippen LogP contribution in [0.1, 0.15) is 126 Å². The number of benzene rings is 4. The van der Waals surface area contributed by atoms with Crippen molar-refractivity contribution in [2.75, 3.05) is 61.9 Å². The van der Waals surface area contributed by atoms with Crippen molar-refractivity contribution in [2.45, 2.75) is 108 Å². The maximum absolute atomic E-state index is 14.4. The molecule has 0 aromatic heterocycles. The third-order valence-corrected chi connectivity index (χ3v) is 14.4. The number of methoxy groups -OCH3 is 5. The number of carboxylic acid groups (broad SMARTS) is 1. The lowest BCUT2D eigenvalue weighted by Gasteiger charge is -2.40. The van der Waals surface area contributed by atoms with Crippen LogP contribution in [0.5, 0.6) is 40.2 Å². The third kappa shape index (κ3) is 12.5. The zero-order valence-electron chi connectivity index (χ0n) is 44.0. The number of amides is 6. The number of para-hydroxylation sites is 1. The van der Waals surface area contributed by atoms with Crippen LogP contribution in [0, 0.1) is 0 Å². The molecular formula is C57H68N4O15. The van der Waals surface area contributed by atoms with Crippen LogP contribution in [0.3, 0.4) is 0 Å². The molecule has 4 aromatic carbocycles. The summed E-state index contributed by atoms with van der Waals surface area (Å²) in [5.41, 5.74) is 3.67. The van der Waals surface area contributed by atoms with Crippen LogP contribution >= 0.6 is 0 Å². The maximum Gasteiger partial charge on any atom is 0.326 e. The number of carbonyl (C=O) groups excluding carboxylic acids is 6. The van der Waals surface area contributed by atoms with E-state index in [0.717, 1.165) is 40.9 Å². The van der Waals surface area contributed by atoms with Gasteiger partial charge in [0.05, 0.1) is 59.2 Å². The second kappa shape index (κ2) is 26.1. The number of hydrogen-bond acceptors (Lipinski definition) is 14. The average molecular weight is 1050 g/mol. The maximum atomic E-state index is 14.4. The summed E-state index contributed by atoms with van der Waals surface area (Å²) in [4.78, 5) is 93.3. The Bertz CT molecular complexity index is 2770. The van der Waals surface area contributed by atoms with E-state index >= 15 is 0 Å². The van der Waals surface area contributed by atoms with Gasteiger partial charge in [0.15, 0.2) is 29.6 Å². The lowest BCUT2D eigenvalue weighted by atomic mass is 9.80. The number of nitrogens with one attached hydrogen (secondary N) is 2. The Morgan fingerprint density at radius 2 is 1.42 bits per heavy atom. The van der Waals surface area contributed by atoms with Gasteiger partial charge in [0, 0.05) is 25.1 Å². The van der Waals surface area contributed by atoms with Crippen LogP contribution in [0.15, 0.2) is 66.7 Å². The molecule has 4 aromatic rings. The highest BCUT2D eigenvalue weighted by Crippen LogP contribution is 2.46. The number of carboxylic acids is 1. The molecule has 19 heteroatoms. The van der Waals surface area contributed by atoms with Gasteiger partial charge in [0.2, 0.25) is 23.5 Å². The van der Waals surface area contributed by atoms with Crippen LogP contribution < -0.4 is 43.8 Å². The van der Waals surface area contributed by atoms with E-state index in [0.29, 0.717) is 91.7 Å². The number of nitrogens with zero attached hydrogens (tertiary/aromatic N) is 2. The summed E-state index contributed by atoms with van der Waals surface area (Å²) in [6.45, 7) is 2.67. The SMILES string of the molecule is CC[C@H](C(=O)N1CCC(c2c(CCCc3ccccc3OCC(=O)NCCCCCCOc3cccc4c3C(=O)N(C3CCC(=O)NC3=O)C4=O)ccc(OC)c2OC)C[C@H]1C(=O)O)c1cc(OC)c(OC)c(OC)c1. The number of ether oxygens (including phenoxy) is 7. The minimum Gasteiger partial charge on any atom is -0.493 e. The minimum absolute atomic E-state index is 0.0344. The van der Waals surface area contributed by atoms with Crippen LogP contribution in [0.25, 0.3) is 0 Å². The predicted octanol–water partition coefficient (Wildman–Crippen LogP) is 6.79. The van der Waals surface area contributed by atoms with E-state index < -0.39 is 47.6 Å². The number of likely N-dealkylation sites (tertiary alicyclic amines) is 1. The van der Waals surface area contributed by atoms with Gasteiger partial charge in [-0.3, -0.25) is 39.0 Å². The first-order chi connectivity index (χ1) is 36.8. The number of carbonyl (C=O) groups is 7. The molecule has 7 rings (SSSR count). The van der Waals surface area contributed by atoms with Gasteiger partial charge in [0.1, 0.15) is 23.6 Å². The minimum atomic E-state index is -1.10. The van der Waals surface area contributed by atoms with Crippen molar-refractivity contribution in [3.63, 3.8) is 0 Å². The zero-order chi connectivity index (χ0) is 54.5. The highest BCUT2D eigenvalue weighted by molar-refractivity contribution is 6.24. The Hall–Kier alpha value is -7.83. The molecule has 0 saturated carbocycles. The number of rotatable bonds is 26. The van der Waals surface area contributed by atoms with E-state index in [1.807, 2.05) is 43.3 Å². The van der Waals surface area contributed by atoms with Crippen molar-refractivity contribution in [1.29, 1.82) is 0 Å². The number of unbranched alkanes of at least 4 members (excludes halogenated alkanes) is 3. The van der Waals surface area contributed by atoms with E-state index in [2.05, 4.69) is 10.6 Å². The fraction of sp³-hybridized carbons (Fsp3) is 0.456. The Labute approximate surface area is 442 Å². The first-order valence-electron chi connectivity index (χ1n) is 25.8. The van der Waals surface area contributed by atoms with Crippen molar-refractivity contribution in [3.05, 3.63) is 100 Å². The van der Waals surface area contributed by atoms with Crippen molar-refractivity contribution in [3.8, 4) is 40.2 Å². The van der Waals surface area contributed by atoms with Gasteiger partial charge >= 0.3 is 5.97 Å². The van der Waals surface area contributed by atoms with Gasteiger partial charge in [0.25, 0.3) is 17.7 Å². The first-order valence-corrected chi connectivity index (χ1v) is 25.8. The summed E-state index contributed by atoms with van der Waals surface area (Å²) in [5.74, 6) is -1.77. The molecule has 0 aliphatic carbocycles. The molecule has 3 aliphatic heterocycles. The summed E-state index contributed by atoms with van der Waals surface area (Å²) >= 11 is 0. The highest BCUT2D eigenvalue weighted by atomic mass is 16.5. The van der Waals surface area contributed by atoms with Gasteiger partial charge in [-0.25, -0.2) is 4.79 Å². The fourth-order valence-corrected chi connectivity index (χ4v) is 10.5. The van der Waals surface area contributed by atoms with Crippen molar-refractivity contribution >= 4 is 41.4 Å². The molecule has 6 amide bonds. The summed E-state index contributed by atoms with van der Waals surface area (Å²) < 4.78 is 40.3. The molecule has 3 N–H and O–H groups in total. The quantitative estimate of drug-likeness (QED) is 0.0434. The van der Waals surface area contributed by atoms with E-state index in [1.54, 1.807) is 38.5 Å². The van der Waals surface area contributed by atoms with Crippen LogP contribution in [0.4, 0.5) is 0 Å². The Kier molecular flexibility index (Phi) is 19.2. The van der Waals surface area contributed by atoms with Crippen LogP contribution in [-0.2, 0) is 36.8 Å². The molecule has 3 aliphatic rings. The van der Waals surface area contributed by atoms with E-state index in [-0.39, 0.29) is 67.0 Å². The second-order valence-electron chi connectivity index (χ2n) is 18.9. The summed E-state index contributed by atoms with van der Waals surface area (Å²) in [7, 11) is 7.64. The summed E-state index contributed by atoms with van der Waals surface area (Å²) in [5, 5.41) is 15.8. The number of hydrogen-bond donors (Lipinski definition) is 3. The molecule has 0 bridgehead atoms. The molecular weight excluding hydrogens is 981 g/mol. The number of imide groups is 2. The molecule has 76 heavy (non-hydrogen) atoms. The largest absolute Gasteiger partial charge is 0.493 e. The van der Waals surface area contributed by atoms with Crippen molar-refractivity contribution in [2.24, 2.45) is 0 Å². The smallest absolute Gasteiger partial charge is 0.326 e. The van der Waals surface area contributed by atoms with Gasteiger partial charge in [-0.15, -0.1) is 0 Å². The van der Waals surface area contributed by atoms with E-state index in [4.69, 9.17) is 33.2 Å². The Balaban J connectivity index is 0.884. The lowest BCUT2D eigenvalue weighted by molar-refractivity contribution is -0.153. The fourth-order valence-electron chi connectivity index (χ4n) is 10.5. The molecule has 3 heterocycles. The van der Waals surface area contributed by atoms with Gasteiger partial charge in [-0.05, 0) is 117 Å². The zero-order valence-corrected chi connectivity index (χ0v) is 44.0. The van der Waals surface area contributed by atoms with Crippen LogP contribution in [-0.4, -0.2) is 130 Å². The van der Waals surface area contributed by atoms with Crippen LogP contribution in [0.2, 0.25) is 0 Å². The molecule has 0 spiro atoms. The number of fused-ring (bicyclic) bond motifs is 1. The molecule has 0 radical (unpaired) electrons. The lowest BCUT2D eigenvalue weighted by Crippen LogP contribution is -2.54. The average Bonchev–Trinajstić information content (AvgIpc) is 3.73. The van der Waals surface area contributed by atoms with E-state index in [1.165, 1.54) is 32.3 Å². The third-order valence-electron chi connectivity index (χ3n) is 14.4. The Morgan fingerprint density at radius 1 is 0.724 bits per heavy atom. The molecule has 4 atom stereocenters. The molecule has 2 fully saturated rings. The van der Waals surface area contributed by atoms with Crippen molar-refractivity contribution in [1.82, 2.24) is 20.4 Å².